The summed E-state index contributed by atoms with van der Waals surface area (Å²) >= 11 is 0. The highest BCUT2D eigenvalue weighted by molar-refractivity contribution is 5.96. The van der Waals surface area contributed by atoms with E-state index < -0.39 is 11.7 Å². The number of carbonyl (C=O) groups is 1. The van der Waals surface area contributed by atoms with Crippen molar-refractivity contribution in [1.82, 2.24) is 0 Å². The summed E-state index contributed by atoms with van der Waals surface area (Å²) < 4.78 is 13.7. The quantitative estimate of drug-likeness (QED) is 0.846. The molecule has 0 fully saturated rings. The molecule has 0 N–H and O–H groups in total. The first-order chi connectivity index (χ1) is 10.7. The number of hydrogen-bond donors (Lipinski definition) is 0. The summed E-state index contributed by atoms with van der Waals surface area (Å²) in [5, 5.41) is 9.32. The molecule has 0 aromatic heterocycles. The molecule has 0 radical (unpaired) electrons. The van der Waals surface area contributed by atoms with Crippen molar-refractivity contribution in [2.45, 2.75) is 13.3 Å². The molecule has 2 aromatic rings. The second-order valence-electron chi connectivity index (χ2n) is 4.90. The van der Waals surface area contributed by atoms with Crippen molar-refractivity contribution in [2.24, 2.45) is 5.92 Å². The molecule has 0 heterocycles. The van der Waals surface area contributed by atoms with Gasteiger partial charge in [-0.2, -0.15) is 5.26 Å². The Morgan fingerprint density at radius 2 is 1.82 bits per heavy atom. The van der Waals surface area contributed by atoms with E-state index in [9.17, 15) is 14.4 Å². The van der Waals surface area contributed by atoms with Gasteiger partial charge in [0.25, 0.3) is 0 Å². The summed E-state index contributed by atoms with van der Waals surface area (Å²) in [6.45, 7) is 2.31. The minimum Gasteiger partial charge on any atom is -0.312 e. The van der Waals surface area contributed by atoms with Crippen LogP contribution < -0.4 is 4.90 Å². The minimum absolute atomic E-state index is 0.0747. The number of para-hydroxylation sites is 1. The van der Waals surface area contributed by atoms with Crippen LogP contribution in [0.25, 0.3) is 0 Å². The Kier molecular flexibility index (Phi) is 5.26. The first-order valence-corrected chi connectivity index (χ1v) is 7.16. The second-order valence-corrected chi connectivity index (χ2v) is 4.90. The molecule has 3 nitrogen and oxygen atoms in total. The van der Waals surface area contributed by atoms with E-state index in [0.29, 0.717) is 12.1 Å². The van der Waals surface area contributed by atoms with Crippen LogP contribution in [0.15, 0.2) is 54.6 Å². The Hall–Kier alpha value is -2.67. The molecule has 0 spiro atoms. The number of benzene rings is 2. The van der Waals surface area contributed by atoms with Crippen molar-refractivity contribution in [2.75, 3.05) is 11.4 Å². The summed E-state index contributed by atoms with van der Waals surface area (Å²) in [6.07, 6.45) is 0.0747. The molecule has 112 valence electrons. The van der Waals surface area contributed by atoms with Gasteiger partial charge in [-0.1, -0.05) is 36.4 Å². The summed E-state index contributed by atoms with van der Waals surface area (Å²) in [4.78, 5) is 14.2. The van der Waals surface area contributed by atoms with Crippen molar-refractivity contribution < 1.29 is 9.18 Å². The largest absolute Gasteiger partial charge is 0.312 e. The fraction of sp³-hybridized carbons (Fsp3) is 0.222. The lowest BCUT2D eigenvalue weighted by atomic mass is 9.98. The van der Waals surface area contributed by atoms with Crippen LogP contribution >= 0.6 is 0 Å². The lowest BCUT2D eigenvalue weighted by Crippen LogP contribution is -2.36. The Balaban J connectivity index is 2.21. The Morgan fingerprint density at radius 3 is 2.41 bits per heavy atom. The van der Waals surface area contributed by atoms with Crippen LogP contribution in [0.5, 0.6) is 0 Å². The number of hydrogen-bond acceptors (Lipinski definition) is 2. The van der Waals surface area contributed by atoms with E-state index in [-0.39, 0.29) is 12.3 Å². The first kappa shape index (κ1) is 15.7. The lowest BCUT2D eigenvalue weighted by molar-refractivity contribution is -0.120. The van der Waals surface area contributed by atoms with Crippen LogP contribution in [0.1, 0.15) is 12.5 Å². The van der Waals surface area contributed by atoms with Crippen LogP contribution in [-0.4, -0.2) is 12.5 Å². The van der Waals surface area contributed by atoms with Gasteiger partial charge >= 0.3 is 0 Å². The first-order valence-electron chi connectivity index (χ1n) is 7.16. The maximum atomic E-state index is 13.7. The van der Waals surface area contributed by atoms with Crippen molar-refractivity contribution in [1.29, 1.82) is 5.26 Å². The fourth-order valence-corrected chi connectivity index (χ4v) is 2.33. The van der Waals surface area contributed by atoms with Gasteiger partial charge in [-0.3, -0.25) is 4.79 Å². The summed E-state index contributed by atoms with van der Waals surface area (Å²) in [6, 6.07) is 17.4. The number of rotatable bonds is 5. The summed E-state index contributed by atoms with van der Waals surface area (Å²) in [5.74, 6) is -1.60. The highest BCUT2D eigenvalue weighted by atomic mass is 19.1. The number of nitrogens with zero attached hydrogens (tertiary/aromatic N) is 2. The van der Waals surface area contributed by atoms with E-state index in [4.69, 9.17) is 0 Å². The highest BCUT2D eigenvalue weighted by Crippen LogP contribution is 2.19. The number of nitriles is 1. The Morgan fingerprint density at radius 1 is 1.18 bits per heavy atom. The van der Waals surface area contributed by atoms with Gasteiger partial charge in [0.1, 0.15) is 11.7 Å². The molecular weight excluding hydrogens is 279 g/mol. The molecule has 0 saturated carbocycles. The van der Waals surface area contributed by atoms with Crippen LogP contribution in [0.3, 0.4) is 0 Å². The SMILES string of the molecule is CCN(C(=O)C(C#N)Cc1ccccc1F)c1ccccc1. The molecule has 0 saturated heterocycles. The topological polar surface area (TPSA) is 44.1 Å². The van der Waals surface area contributed by atoms with Gasteiger partial charge in [0.2, 0.25) is 5.91 Å². The number of amides is 1. The standard InChI is InChI=1S/C18H17FN2O/c1-2-21(16-9-4-3-5-10-16)18(22)15(13-20)12-14-8-6-7-11-17(14)19/h3-11,15H,2,12H2,1H3. The van der Waals surface area contributed by atoms with Crippen LogP contribution in [0.2, 0.25) is 0 Å². The molecule has 0 bridgehead atoms. The number of halogens is 1. The Labute approximate surface area is 129 Å². The maximum Gasteiger partial charge on any atom is 0.244 e. The van der Waals surface area contributed by atoms with Crippen LogP contribution in [0.4, 0.5) is 10.1 Å². The van der Waals surface area contributed by atoms with E-state index in [0.717, 1.165) is 5.69 Å². The minimum atomic E-state index is -0.906. The number of anilines is 1. The van der Waals surface area contributed by atoms with Gasteiger partial charge in [-0.05, 0) is 30.7 Å². The number of carbonyl (C=O) groups excluding carboxylic acids is 1. The third-order valence-corrected chi connectivity index (χ3v) is 3.49. The van der Waals surface area contributed by atoms with Gasteiger partial charge in [-0.25, -0.2) is 4.39 Å². The van der Waals surface area contributed by atoms with Gasteiger partial charge in [0.05, 0.1) is 6.07 Å². The van der Waals surface area contributed by atoms with Gasteiger partial charge < -0.3 is 4.90 Å². The molecule has 22 heavy (non-hydrogen) atoms. The predicted octanol–water partition coefficient (Wildman–Crippen LogP) is 3.56. The second kappa shape index (κ2) is 7.37. The monoisotopic (exact) mass is 296 g/mol. The molecule has 0 aliphatic carbocycles. The van der Waals surface area contributed by atoms with Gasteiger partial charge in [0.15, 0.2) is 0 Å². The molecule has 2 rings (SSSR count). The van der Waals surface area contributed by atoms with Gasteiger partial charge in [0, 0.05) is 18.7 Å². The van der Waals surface area contributed by atoms with Crippen molar-refractivity contribution >= 4 is 11.6 Å². The van der Waals surface area contributed by atoms with Crippen molar-refractivity contribution in [3.63, 3.8) is 0 Å². The third kappa shape index (κ3) is 3.50. The molecule has 0 aliphatic heterocycles. The van der Waals surface area contributed by atoms with Gasteiger partial charge in [-0.15, -0.1) is 0 Å². The van der Waals surface area contributed by atoms with Crippen LogP contribution in [-0.2, 0) is 11.2 Å². The average Bonchev–Trinajstić information content (AvgIpc) is 2.55. The zero-order valence-corrected chi connectivity index (χ0v) is 12.4. The third-order valence-electron chi connectivity index (χ3n) is 3.49. The molecule has 4 heteroatoms. The smallest absolute Gasteiger partial charge is 0.244 e. The normalized spacial score (nSPS) is 11.5. The van der Waals surface area contributed by atoms with Crippen molar-refractivity contribution in [3.8, 4) is 6.07 Å². The van der Waals surface area contributed by atoms with E-state index >= 15 is 0 Å². The molecule has 1 atom stereocenters. The Bertz CT molecular complexity index is 679. The zero-order valence-electron chi connectivity index (χ0n) is 12.4. The maximum absolute atomic E-state index is 13.7. The predicted molar refractivity (Wildman–Crippen MR) is 83.7 cm³/mol. The molecule has 1 unspecified atom stereocenters. The summed E-state index contributed by atoms with van der Waals surface area (Å²) in [5.41, 5.74) is 1.12. The molecular formula is C18H17FN2O. The molecule has 2 aromatic carbocycles. The molecule has 1 amide bonds. The average molecular weight is 296 g/mol. The van der Waals surface area contributed by atoms with Crippen LogP contribution in [0, 0.1) is 23.1 Å². The van der Waals surface area contributed by atoms with E-state index in [2.05, 4.69) is 0 Å². The van der Waals surface area contributed by atoms with E-state index in [1.165, 1.54) is 6.07 Å². The fourth-order valence-electron chi connectivity index (χ4n) is 2.33. The highest BCUT2D eigenvalue weighted by Gasteiger charge is 2.25. The zero-order chi connectivity index (χ0) is 15.9. The molecule has 0 aliphatic rings. The van der Waals surface area contributed by atoms with E-state index in [1.807, 2.05) is 43.3 Å². The summed E-state index contributed by atoms with van der Waals surface area (Å²) in [7, 11) is 0. The lowest BCUT2D eigenvalue weighted by Gasteiger charge is -2.23. The van der Waals surface area contributed by atoms with E-state index in [1.54, 1.807) is 23.1 Å². The van der Waals surface area contributed by atoms with Crippen molar-refractivity contribution in [3.05, 3.63) is 66.0 Å².